The zero-order chi connectivity index (χ0) is 24.6. The number of nitrogens with zero attached hydrogens (tertiary/aromatic N) is 5. The van der Waals surface area contributed by atoms with Gasteiger partial charge in [-0.3, -0.25) is 14.3 Å². The molecule has 0 unspecified atom stereocenters. The Bertz CT molecular complexity index is 1390. The number of nitrogens with one attached hydrogen (secondary N) is 1. The van der Waals surface area contributed by atoms with Crippen LogP contribution < -0.4 is 15.8 Å². The third-order valence-corrected chi connectivity index (χ3v) is 4.96. The van der Waals surface area contributed by atoms with E-state index in [9.17, 15) is 22.8 Å². The van der Waals surface area contributed by atoms with Crippen LogP contribution in [0.3, 0.4) is 0 Å². The second-order valence-corrected chi connectivity index (χ2v) is 7.11. The monoisotopic (exact) mass is 473 g/mol. The fourth-order valence-electron chi connectivity index (χ4n) is 3.28. The summed E-state index contributed by atoms with van der Waals surface area (Å²) in [5.74, 6) is -1.19. The van der Waals surface area contributed by atoms with Crippen LogP contribution in [0.15, 0.2) is 42.7 Å². The van der Waals surface area contributed by atoms with Crippen LogP contribution in [0.2, 0.25) is 0 Å². The molecule has 0 aliphatic rings. The molecule has 34 heavy (non-hydrogen) atoms. The zero-order valence-corrected chi connectivity index (χ0v) is 17.9. The summed E-state index contributed by atoms with van der Waals surface area (Å²) in [5, 5.41) is 10.2. The number of halogens is 3. The van der Waals surface area contributed by atoms with Gasteiger partial charge in [-0.1, -0.05) is 0 Å². The fourth-order valence-corrected chi connectivity index (χ4v) is 3.28. The largest absolute Gasteiger partial charge is 0.497 e. The van der Waals surface area contributed by atoms with Crippen LogP contribution in [0.4, 0.5) is 18.9 Å². The first kappa shape index (κ1) is 22.8. The number of primary amides is 1. The molecule has 0 aliphatic carbocycles. The Hall–Kier alpha value is -4.42. The van der Waals surface area contributed by atoms with Gasteiger partial charge in [0.2, 0.25) is 0 Å². The van der Waals surface area contributed by atoms with Crippen molar-refractivity contribution < 1.29 is 27.5 Å². The molecule has 0 bridgehead atoms. The van der Waals surface area contributed by atoms with Crippen LogP contribution in [-0.4, -0.2) is 43.3 Å². The fraction of sp³-hybridized carbons (Fsp3) is 0.190. The van der Waals surface area contributed by atoms with E-state index in [4.69, 9.17) is 10.5 Å². The van der Waals surface area contributed by atoms with Gasteiger partial charge in [0.05, 0.1) is 24.7 Å². The van der Waals surface area contributed by atoms with Crippen LogP contribution >= 0.6 is 0 Å². The molecule has 4 aromatic rings. The number of anilines is 1. The molecular formula is C21H18F3N7O3. The van der Waals surface area contributed by atoms with E-state index < -0.39 is 23.7 Å². The number of amides is 2. The molecule has 176 valence electrons. The Labute approximate surface area is 190 Å². The Morgan fingerprint density at radius 3 is 2.50 bits per heavy atom. The first-order chi connectivity index (χ1) is 16.1. The van der Waals surface area contributed by atoms with Gasteiger partial charge in [-0.25, -0.2) is 9.50 Å². The van der Waals surface area contributed by atoms with Crippen molar-refractivity contribution in [3.8, 4) is 17.0 Å². The number of hydrogen-bond donors (Lipinski definition) is 2. The van der Waals surface area contributed by atoms with E-state index in [1.54, 1.807) is 31.2 Å². The molecule has 3 N–H and O–H groups in total. The lowest BCUT2D eigenvalue weighted by Crippen LogP contribution is -2.18. The molecule has 3 heterocycles. The van der Waals surface area contributed by atoms with Crippen molar-refractivity contribution in [1.82, 2.24) is 24.4 Å². The van der Waals surface area contributed by atoms with Gasteiger partial charge < -0.3 is 15.8 Å². The number of methoxy groups -OCH3 is 1. The Kier molecular flexibility index (Phi) is 5.69. The SMILES string of the molecule is CCn1cc(NC(=O)c2cnn3c(C(F)(F)F)cc(-c4ccc(OC)cc4)nc23)c(C(N)=O)n1. The number of aryl methyl sites for hydroxylation is 1. The Morgan fingerprint density at radius 1 is 1.21 bits per heavy atom. The first-order valence-electron chi connectivity index (χ1n) is 9.91. The summed E-state index contributed by atoms with van der Waals surface area (Å²) in [6, 6.07) is 7.10. The van der Waals surface area contributed by atoms with Gasteiger partial charge in [-0.05, 0) is 37.3 Å². The van der Waals surface area contributed by atoms with Gasteiger partial charge in [-0.15, -0.1) is 0 Å². The number of benzene rings is 1. The summed E-state index contributed by atoms with van der Waals surface area (Å²) in [7, 11) is 1.46. The lowest BCUT2D eigenvalue weighted by Gasteiger charge is -2.12. The number of carbonyl (C=O) groups excluding carboxylic acids is 2. The molecule has 0 atom stereocenters. The van der Waals surface area contributed by atoms with Crippen molar-refractivity contribution in [3.63, 3.8) is 0 Å². The number of ether oxygens (including phenoxy) is 1. The summed E-state index contributed by atoms with van der Waals surface area (Å²) >= 11 is 0. The molecule has 4 rings (SSSR count). The second-order valence-electron chi connectivity index (χ2n) is 7.11. The van der Waals surface area contributed by atoms with Gasteiger partial charge in [0.15, 0.2) is 17.0 Å². The standard InChI is InChI=1S/C21H18F3N7O3/c1-3-30-10-15(17(29-30)18(25)32)28-20(33)13-9-26-31-16(21(22,23)24)8-14(27-19(13)31)11-4-6-12(34-2)7-5-11/h4-10H,3H2,1-2H3,(H2,25,32)(H,28,33). The third-order valence-electron chi connectivity index (χ3n) is 4.96. The highest BCUT2D eigenvalue weighted by molar-refractivity contribution is 6.10. The highest BCUT2D eigenvalue weighted by Crippen LogP contribution is 2.33. The quantitative estimate of drug-likeness (QED) is 0.443. The minimum Gasteiger partial charge on any atom is -0.497 e. The topological polar surface area (TPSA) is 129 Å². The van der Waals surface area contributed by atoms with Crippen molar-refractivity contribution in [2.45, 2.75) is 19.6 Å². The third kappa shape index (κ3) is 4.14. The summed E-state index contributed by atoms with van der Waals surface area (Å²) in [6.45, 7) is 2.16. The average molecular weight is 473 g/mol. The number of carbonyl (C=O) groups is 2. The van der Waals surface area contributed by atoms with Gasteiger partial charge in [0, 0.05) is 18.3 Å². The minimum absolute atomic E-state index is 0.0149. The van der Waals surface area contributed by atoms with Crippen molar-refractivity contribution in [2.75, 3.05) is 12.4 Å². The number of fused-ring (bicyclic) bond motifs is 1. The molecule has 0 saturated carbocycles. The van der Waals surface area contributed by atoms with Crippen molar-refractivity contribution in [3.05, 3.63) is 59.7 Å². The van der Waals surface area contributed by atoms with Gasteiger partial charge >= 0.3 is 6.18 Å². The van der Waals surface area contributed by atoms with E-state index in [1.807, 2.05) is 0 Å². The molecule has 1 aromatic carbocycles. The van der Waals surface area contributed by atoms with E-state index in [0.717, 1.165) is 12.3 Å². The van der Waals surface area contributed by atoms with Crippen LogP contribution in [0, 0.1) is 0 Å². The highest BCUT2D eigenvalue weighted by Gasteiger charge is 2.36. The molecule has 0 radical (unpaired) electrons. The minimum atomic E-state index is -4.77. The summed E-state index contributed by atoms with van der Waals surface area (Å²) < 4.78 is 48.4. The number of rotatable bonds is 6. The molecule has 13 heteroatoms. The Balaban J connectivity index is 1.82. The van der Waals surface area contributed by atoms with Crippen LogP contribution in [0.25, 0.3) is 16.9 Å². The Morgan fingerprint density at radius 2 is 1.91 bits per heavy atom. The normalized spacial score (nSPS) is 11.6. The lowest BCUT2D eigenvalue weighted by atomic mass is 10.1. The van der Waals surface area contributed by atoms with Crippen LogP contribution in [0.5, 0.6) is 5.75 Å². The second kappa shape index (κ2) is 8.50. The van der Waals surface area contributed by atoms with Crippen molar-refractivity contribution in [1.29, 1.82) is 0 Å². The summed E-state index contributed by atoms with van der Waals surface area (Å²) in [6.07, 6.45) is -2.41. The summed E-state index contributed by atoms with van der Waals surface area (Å²) in [4.78, 5) is 28.9. The molecule has 0 spiro atoms. The highest BCUT2D eigenvalue weighted by atomic mass is 19.4. The van der Waals surface area contributed by atoms with Crippen molar-refractivity contribution >= 4 is 23.1 Å². The number of hydrogen-bond acceptors (Lipinski definition) is 6. The maximum absolute atomic E-state index is 13.8. The maximum Gasteiger partial charge on any atom is 0.433 e. The van der Waals surface area contributed by atoms with Crippen LogP contribution in [-0.2, 0) is 12.7 Å². The van der Waals surface area contributed by atoms with E-state index in [1.165, 1.54) is 18.0 Å². The average Bonchev–Trinajstić information content (AvgIpc) is 3.42. The first-order valence-corrected chi connectivity index (χ1v) is 9.91. The molecule has 10 nitrogen and oxygen atoms in total. The molecule has 0 saturated heterocycles. The molecule has 2 amide bonds. The molecule has 0 fully saturated rings. The number of alkyl halides is 3. The van der Waals surface area contributed by atoms with Crippen molar-refractivity contribution in [2.24, 2.45) is 5.73 Å². The molecular weight excluding hydrogens is 455 g/mol. The number of aromatic nitrogens is 5. The maximum atomic E-state index is 13.8. The van der Waals surface area contributed by atoms with Gasteiger partial charge in [0.25, 0.3) is 11.8 Å². The van der Waals surface area contributed by atoms with E-state index in [2.05, 4.69) is 20.5 Å². The molecule has 0 aliphatic heterocycles. The number of nitrogens with two attached hydrogens (primary N) is 1. The van der Waals surface area contributed by atoms with Gasteiger partial charge in [0.1, 0.15) is 11.3 Å². The van der Waals surface area contributed by atoms with E-state index in [0.29, 0.717) is 22.4 Å². The van der Waals surface area contributed by atoms with Gasteiger partial charge in [-0.2, -0.15) is 23.4 Å². The predicted molar refractivity (Wildman–Crippen MR) is 114 cm³/mol. The molecule has 3 aromatic heterocycles. The zero-order valence-electron chi connectivity index (χ0n) is 17.9. The van der Waals surface area contributed by atoms with E-state index in [-0.39, 0.29) is 28.3 Å². The van der Waals surface area contributed by atoms with Crippen LogP contribution in [0.1, 0.15) is 33.5 Å². The summed E-state index contributed by atoms with van der Waals surface area (Å²) in [5.41, 5.74) is 3.83. The lowest BCUT2D eigenvalue weighted by molar-refractivity contribution is -0.142. The predicted octanol–water partition coefficient (Wildman–Crippen LogP) is 2.99. The van der Waals surface area contributed by atoms with E-state index >= 15 is 0 Å². The smallest absolute Gasteiger partial charge is 0.433 e.